The van der Waals surface area contributed by atoms with Gasteiger partial charge >= 0.3 is 0 Å². The molecule has 0 radical (unpaired) electrons. The number of hydrogen-bond donors (Lipinski definition) is 0. The Morgan fingerprint density at radius 3 is 2.10 bits per heavy atom. The van der Waals surface area contributed by atoms with Gasteiger partial charge in [0.2, 0.25) is 0 Å². The number of hydrogen-bond acceptors (Lipinski definition) is 3. The van der Waals surface area contributed by atoms with Gasteiger partial charge in [0.15, 0.2) is 0 Å². The SMILES string of the molecule is COc1cc(OC)cc(OCc2c(F)ccc(Br)c2F)c1. The van der Waals surface area contributed by atoms with Gasteiger partial charge in [-0.05, 0) is 28.1 Å². The van der Waals surface area contributed by atoms with Crippen LogP contribution in [0.25, 0.3) is 0 Å². The second-order valence-electron chi connectivity index (χ2n) is 4.16. The maximum absolute atomic E-state index is 13.8. The minimum absolute atomic E-state index is 0.147. The van der Waals surface area contributed by atoms with Gasteiger partial charge in [-0.15, -0.1) is 0 Å². The molecule has 0 bridgehead atoms. The van der Waals surface area contributed by atoms with E-state index in [1.54, 1.807) is 18.2 Å². The molecule has 2 aromatic rings. The lowest BCUT2D eigenvalue weighted by Crippen LogP contribution is -2.03. The summed E-state index contributed by atoms with van der Waals surface area (Å²) >= 11 is 3.01. The van der Waals surface area contributed by atoms with Crippen molar-refractivity contribution in [3.63, 3.8) is 0 Å². The number of methoxy groups -OCH3 is 2. The lowest BCUT2D eigenvalue weighted by atomic mass is 10.2. The molecule has 0 N–H and O–H groups in total. The predicted molar refractivity (Wildman–Crippen MR) is 77.9 cm³/mol. The molecule has 0 saturated heterocycles. The van der Waals surface area contributed by atoms with Crippen molar-refractivity contribution >= 4 is 15.9 Å². The Balaban J connectivity index is 2.22. The molecule has 112 valence electrons. The van der Waals surface area contributed by atoms with E-state index in [-0.39, 0.29) is 16.6 Å². The zero-order valence-corrected chi connectivity index (χ0v) is 13.0. The zero-order chi connectivity index (χ0) is 15.4. The lowest BCUT2D eigenvalue weighted by Gasteiger charge is -2.11. The van der Waals surface area contributed by atoms with E-state index in [0.717, 1.165) is 0 Å². The summed E-state index contributed by atoms with van der Waals surface area (Å²) in [5.41, 5.74) is -0.147. The van der Waals surface area contributed by atoms with Crippen LogP contribution in [0.4, 0.5) is 8.78 Å². The fourth-order valence-electron chi connectivity index (χ4n) is 1.72. The van der Waals surface area contributed by atoms with Gasteiger partial charge in [-0.3, -0.25) is 0 Å². The topological polar surface area (TPSA) is 27.7 Å². The van der Waals surface area contributed by atoms with E-state index in [2.05, 4.69) is 15.9 Å². The molecule has 21 heavy (non-hydrogen) atoms. The molecule has 0 heterocycles. The van der Waals surface area contributed by atoms with Crippen molar-refractivity contribution in [2.75, 3.05) is 14.2 Å². The second-order valence-corrected chi connectivity index (χ2v) is 5.01. The van der Waals surface area contributed by atoms with E-state index < -0.39 is 11.6 Å². The maximum Gasteiger partial charge on any atom is 0.146 e. The van der Waals surface area contributed by atoms with Crippen molar-refractivity contribution in [3.8, 4) is 17.2 Å². The van der Waals surface area contributed by atoms with Crippen LogP contribution >= 0.6 is 15.9 Å². The second kappa shape index (κ2) is 6.76. The highest BCUT2D eigenvalue weighted by molar-refractivity contribution is 9.10. The van der Waals surface area contributed by atoms with Crippen LogP contribution in [-0.4, -0.2) is 14.2 Å². The first-order chi connectivity index (χ1) is 10.0. The minimum Gasteiger partial charge on any atom is -0.496 e. The summed E-state index contributed by atoms with van der Waals surface area (Å²) in [7, 11) is 3.01. The molecule has 6 heteroatoms. The molecule has 0 amide bonds. The van der Waals surface area contributed by atoms with Gasteiger partial charge in [0.05, 0.1) is 24.3 Å². The van der Waals surface area contributed by atoms with Crippen molar-refractivity contribution in [2.24, 2.45) is 0 Å². The van der Waals surface area contributed by atoms with Crippen molar-refractivity contribution in [1.82, 2.24) is 0 Å². The van der Waals surface area contributed by atoms with Gasteiger partial charge in [0.25, 0.3) is 0 Å². The van der Waals surface area contributed by atoms with Crippen LogP contribution in [-0.2, 0) is 6.61 Å². The summed E-state index contributed by atoms with van der Waals surface area (Å²) in [5.74, 6) is 0.111. The Kier molecular flexibility index (Phi) is 5.01. The Hall–Kier alpha value is -1.82. The first-order valence-electron chi connectivity index (χ1n) is 6.03. The fraction of sp³-hybridized carbons (Fsp3) is 0.200. The summed E-state index contributed by atoms with van der Waals surface area (Å²) in [6.07, 6.45) is 0. The molecule has 0 aliphatic rings. The Morgan fingerprint density at radius 1 is 0.952 bits per heavy atom. The monoisotopic (exact) mass is 358 g/mol. The van der Waals surface area contributed by atoms with Crippen molar-refractivity contribution in [1.29, 1.82) is 0 Å². The highest BCUT2D eigenvalue weighted by Crippen LogP contribution is 2.29. The molecule has 0 aliphatic carbocycles. The Morgan fingerprint density at radius 2 is 1.52 bits per heavy atom. The quantitative estimate of drug-likeness (QED) is 0.744. The van der Waals surface area contributed by atoms with Crippen LogP contribution in [0.5, 0.6) is 17.2 Å². The number of rotatable bonds is 5. The first kappa shape index (κ1) is 15.6. The summed E-state index contributed by atoms with van der Waals surface area (Å²) in [4.78, 5) is 0. The van der Waals surface area contributed by atoms with Crippen LogP contribution in [0.2, 0.25) is 0 Å². The number of halogens is 3. The summed E-state index contributed by atoms with van der Waals surface area (Å²) < 4.78 is 43.3. The largest absolute Gasteiger partial charge is 0.496 e. The van der Waals surface area contributed by atoms with Gasteiger partial charge in [-0.2, -0.15) is 0 Å². The van der Waals surface area contributed by atoms with Gasteiger partial charge < -0.3 is 14.2 Å². The third-order valence-electron chi connectivity index (χ3n) is 2.85. The van der Waals surface area contributed by atoms with E-state index in [0.29, 0.717) is 17.2 Å². The lowest BCUT2D eigenvalue weighted by molar-refractivity contribution is 0.287. The van der Waals surface area contributed by atoms with Crippen LogP contribution in [0.15, 0.2) is 34.8 Å². The highest BCUT2D eigenvalue weighted by atomic mass is 79.9. The molecule has 0 unspecified atom stereocenters. The molecule has 0 aromatic heterocycles. The van der Waals surface area contributed by atoms with Crippen molar-refractivity contribution < 1.29 is 23.0 Å². The summed E-state index contributed by atoms with van der Waals surface area (Å²) in [6.45, 7) is -0.243. The predicted octanol–water partition coefficient (Wildman–Crippen LogP) is 4.32. The molecule has 0 aliphatic heterocycles. The van der Waals surface area contributed by atoms with Crippen LogP contribution < -0.4 is 14.2 Å². The standard InChI is InChI=1S/C15H13BrF2O3/c1-19-9-5-10(20-2)7-11(6-9)21-8-12-14(17)4-3-13(16)15(12)18/h3-7H,8H2,1-2H3. The van der Waals surface area contributed by atoms with Crippen molar-refractivity contribution in [3.05, 3.63) is 52.0 Å². The molecular weight excluding hydrogens is 346 g/mol. The maximum atomic E-state index is 13.8. The average molecular weight is 359 g/mol. The third kappa shape index (κ3) is 3.64. The van der Waals surface area contributed by atoms with E-state index in [1.165, 1.54) is 26.4 Å². The molecule has 0 fully saturated rings. The number of benzene rings is 2. The van der Waals surface area contributed by atoms with Crippen LogP contribution in [0.3, 0.4) is 0 Å². The molecule has 0 spiro atoms. The molecule has 0 saturated carbocycles. The first-order valence-corrected chi connectivity index (χ1v) is 6.82. The van der Waals surface area contributed by atoms with E-state index in [4.69, 9.17) is 14.2 Å². The van der Waals surface area contributed by atoms with E-state index in [9.17, 15) is 8.78 Å². The molecular formula is C15H13BrF2O3. The van der Waals surface area contributed by atoms with Crippen LogP contribution in [0, 0.1) is 11.6 Å². The van der Waals surface area contributed by atoms with Crippen molar-refractivity contribution in [2.45, 2.75) is 6.61 Å². The fourth-order valence-corrected chi connectivity index (χ4v) is 2.09. The third-order valence-corrected chi connectivity index (χ3v) is 3.46. The van der Waals surface area contributed by atoms with Gasteiger partial charge in [0, 0.05) is 18.2 Å². The Bertz CT molecular complexity index is 625. The van der Waals surface area contributed by atoms with Gasteiger partial charge in [-0.1, -0.05) is 0 Å². The smallest absolute Gasteiger partial charge is 0.146 e. The molecule has 2 aromatic carbocycles. The Labute approximate surface area is 129 Å². The summed E-state index contributed by atoms with van der Waals surface area (Å²) in [5, 5.41) is 0. The van der Waals surface area contributed by atoms with Gasteiger partial charge in [0.1, 0.15) is 35.5 Å². The average Bonchev–Trinajstić information content (AvgIpc) is 2.50. The minimum atomic E-state index is -0.676. The zero-order valence-electron chi connectivity index (χ0n) is 11.5. The summed E-state index contributed by atoms with van der Waals surface area (Å²) in [6, 6.07) is 7.38. The normalized spacial score (nSPS) is 10.3. The van der Waals surface area contributed by atoms with Crippen LogP contribution in [0.1, 0.15) is 5.56 Å². The molecule has 3 nitrogen and oxygen atoms in total. The highest BCUT2D eigenvalue weighted by Gasteiger charge is 2.13. The molecule has 2 rings (SSSR count). The van der Waals surface area contributed by atoms with E-state index >= 15 is 0 Å². The number of ether oxygens (including phenoxy) is 3. The molecule has 0 atom stereocenters. The van der Waals surface area contributed by atoms with E-state index in [1.807, 2.05) is 0 Å². The van der Waals surface area contributed by atoms with Gasteiger partial charge in [-0.25, -0.2) is 8.78 Å².